The van der Waals surface area contributed by atoms with Crippen molar-refractivity contribution in [2.24, 2.45) is 0 Å². The predicted molar refractivity (Wildman–Crippen MR) is 101 cm³/mol. The Morgan fingerprint density at radius 3 is 2.56 bits per heavy atom. The number of amides is 1. The van der Waals surface area contributed by atoms with Crippen molar-refractivity contribution in [3.63, 3.8) is 0 Å². The first-order valence-corrected chi connectivity index (χ1v) is 9.70. The van der Waals surface area contributed by atoms with Gasteiger partial charge in [-0.1, -0.05) is 35.1 Å². The number of aromatic nitrogens is 2. The fourth-order valence-corrected chi connectivity index (χ4v) is 3.51. The van der Waals surface area contributed by atoms with Crippen molar-refractivity contribution in [2.45, 2.75) is 12.8 Å². The summed E-state index contributed by atoms with van der Waals surface area (Å²) in [5.41, 5.74) is 2.94. The zero-order valence-corrected chi connectivity index (χ0v) is 15.6. The molecule has 0 unspecified atom stereocenters. The van der Waals surface area contributed by atoms with Crippen molar-refractivity contribution >= 4 is 34.0 Å². The van der Waals surface area contributed by atoms with Crippen LogP contribution in [-0.4, -0.2) is 65.2 Å². The van der Waals surface area contributed by atoms with Crippen LogP contribution in [0.2, 0.25) is 5.02 Å². The Hall–Kier alpha value is -1.54. The Labute approximate surface area is 156 Å². The number of aryl methyl sites for hydroxylation is 1. The first kappa shape index (κ1) is 18.3. The van der Waals surface area contributed by atoms with Gasteiger partial charge in [0.2, 0.25) is 11.0 Å². The molecule has 0 spiro atoms. The summed E-state index contributed by atoms with van der Waals surface area (Å²) >= 11 is 7.24. The average Bonchev–Trinajstić information content (AvgIpc) is 3.11. The Bertz CT molecular complexity index is 656. The molecule has 2 heterocycles. The van der Waals surface area contributed by atoms with E-state index < -0.39 is 0 Å². The van der Waals surface area contributed by atoms with Gasteiger partial charge < -0.3 is 4.90 Å². The minimum atomic E-state index is -0.0204. The van der Waals surface area contributed by atoms with E-state index in [4.69, 9.17) is 11.6 Å². The normalized spacial score (nSPS) is 16.0. The number of hydrogen-bond donors (Lipinski definition) is 1. The number of rotatable bonds is 7. The first-order valence-electron chi connectivity index (χ1n) is 8.44. The van der Waals surface area contributed by atoms with E-state index in [1.165, 1.54) is 16.9 Å². The molecule has 1 aromatic carbocycles. The minimum Gasteiger partial charge on any atom is -0.301 e. The van der Waals surface area contributed by atoms with Crippen LogP contribution in [0.3, 0.4) is 0 Å². The molecular formula is C17H22ClN5OS. The van der Waals surface area contributed by atoms with E-state index in [1.807, 2.05) is 12.1 Å². The summed E-state index contributed by atoms with van der Waals surface area (Å²) in [5, 5.41) is 11.7. The second-order valence-corrected chi connectivity index (χ2v) is 7.41. The molecule has 1 aliphatic rings. The zero-order chi connectivity index (χ0) is 17.5. The summed E-state index contributed by atoms with van der Waals surface area (Å²) in [6.07, 6.45) is 2.21. The van der Waals surface area contributed by atoms with Crippen LogP contribution in [0.1, 0.15) is 12.0 Å². The number of hydrogen-bond acceptors (Lipinski definition) is 6. The first-order chi connectivity index (χ1) is 12.2. The maximum absolute atomic E-state index is 12.0. The molecule has 0 aliphatic carbocycles. The lowest BCUT2D eigenvalue weighted by atomic mass is 10.1. The largest absolute Gasteiger partial charge is 0.301 e. The highest BCUT2D eigenvalue weighted by atomic mass is 35.5. The predicted octanol–water partition coefficient (Wildman–Crippen LogP) is 2.38. The van der Waals surface area contributed by atoms with Crippen molar-refractivity contribution in [3.8, 4) is 0 Å². The molecule has 134 valence electrons. The van der Waals surface area contributed by atoms with Crippen molar-refractivity contribution in [2.75, 3.05) is 44.6 Å². The highest BCUT2D eigenvalue weighted by Crippen LogP contribution is 2.12. The molecule has 3 rings (SSSR count). The van der Waals surface area contributed by atoms with Gasteiger partial charge in [0.1, 0.15) is 5.51 Å². The van der Waals surface area contributed by atoms with Gasteiger partial charge in [-0.25, -0.2) is 0 Å². The van der Waals surface area contributed by atoms with Gasteiger partial charge >= 0.3 is 0 Å². The van der Waals surface area contributed by atoms with Crippen molar-refractivity contribution in [1.29, 1.82) is 0 Å². The number of carbonyl (C=O) groups excluding carboxylic acids is 1. The monoisotopic (exact) mass is 379 g/mol. The van der Waals surface area contributed by atoms with Gasteiger partial charge in [-0.15, -0.1) is 10.2 Å². The Morgan fingerprint density at radius 2 is 1.88 bits per heavy atom. The van der Waals surface area contributed by atoms with Gasteiger partial charge in [-0.2, -0.15) is 0 Å². The van der Waals surface area contributed by atoms with Gasteiger partial charge in [0, 0.05) is 31.2 Å². The van der Waals surface area contributed by atoms with Gasteiger partial charge in [0.25, 0.3) is 0 Å². The zero-order valence-electron chi connectivity index (χ0n) is 14.0. The lowest BCUT2D eigenvalue weighted by Gasteiger charge is -2.34. The van der Waals surface area contributed by atoms with Gasteiger partial charge in [0.15, 0.2) is 0 Å². The number of halogens is 1. The molecular weight excluding hydrogens is 358 g/mol. The smallest absolute Gasteiger partial charge is 0.240 e. The topological polar surface area (TPSA) is 61.4 Å². The second-order valence-electron chi connectivity index (χ2n) is 6.14. The number of carbonyl (C=O) groups is 1. The van der Waals surface area contributed by atoms with E-state index in [9.17, 15) is 4.79 Å². The van der Waals surface area contributed by atoms with E-state index >= 15 is 0 Å². The van der Waals surface area contributed by atoms with E-state index in [-0.39, 0.29) is 5.91 Å². The van der Waals surface area contributed by atoms with Crippen LogP contribution >= 0.6 is 22.9 Å². The summed E-state index contributed by atoms with van der Waals surface area (Å²) in [5.74, 6) is -0.0204. The maximum atomic E-state index is 12.0. The summed E-state index contributed by atoms with van der Waals surface area (Å²) in [7, 11) is 0. The molecule has 25 heavy (non-hydrogen) atoms. The standard InChI is InChI=1S/C17H22ClN5OS/c18-15-5-3-14(4-6-15)2-1-7-22-8-10-23(11-9-22)12-16(24)20-17-21-19-13-25-17/h3-6,13H,1-2,7-12H2,(H,20,21,24). The van der Waals surface area contributed by atoms with E-state index in [0.717, 1.165) is 50.6 Å². The highest BCUT2D eigenvalue weighted by Gasteiger charge is 2.19. The fourth-order valence-electron chi connectivity index (χ4n) is 2.92. The molecule has 0 saturated carbocycles. The third-order valence-corrected chi connectivity index (χ3v) is 5.15. The van der Waals surface area contributed by atoms with Crippen LogP contribution in [-0.2, 0) is 11.2 Å². The van der Waals surface area contributed by atoms with Crippen molar-refractivity contribution in [1.82, 2.24) is 20.0 Å². The molecule has 8 heteroatoms. The second kappa shape index (κ2) is 9.24. The number of piperazine rings is 1. The van der Waals surface area contributed by atoms with Crippen molar-refractivity contribution < 1.29 is 4.79 Å². The van der Waals surface area contributed by atoms with Crippen LogP contribution in [0.25, 0.3) is 0 Å². The van der Waals surface area contributed by atoms with Crippen LogP contribution in [0.15, 0.2) is 29.8 Å². The molecule has 1 fully saturated rings. The molecule has 2 aromatic rings. The van der Waals surface area contributed by atoms with Crippen LogP contribution < -0.4 is 5.32 Å². The van der Waals surface area contributed by atoms with Gasteiger partial charge in [-0.3, -0.25) is 15.0 Å². The summed E-state index contributed by atoms with van der Waals surface area (Å²) < 4.78 is 0. The van der Waals surface area contributed by atoms with Crippen molar-refractivity contribution in [3.05, 3.63) is 40.4 Å². The molecule has 0 atom stereocenters. The van der Waals surface area contributed by atoms with Crippen LogP contribution in [0.5, 0.6) is 0 Å². The van der Waals surface area contributed by atoms with Gasteiger partial charge in [-0.05, 0) is 37.1 Å². The number of nitrogens with zero attached hydrogens (tertiary/aromatic N) is 4. The third-order valence-electron chi connectivity index (χ3n) is 4.29. The molecule has 6 nitrogen and oxygen atoms in total. The van der Waals surface area contributed by atoms with E-state index in [0.29, 0.717) is 11.7 Å². The minimum absolute atomic E-state index is 0.0204. The Kier molecular flexibility index (Phi) is 6.75. The Morgan fingerprint density at radius 1 is 1.16 bits per heavy atom. The SMILES string of the molecule is O=C(CN1CCN(CCCc2ccc(Cl)cc2)CC1)Nc1nncs1. The van der Waals surface area contributed by atoms with Crippen LogP contribution in [0.4, 0.5) is 5.13 Å². The average molecular weight is 380 g/mol. The molecule has 1 aromatic heterocycles. The Balaban J connectivity index is 1.31. The number of anilines is 1. The lowest BCUT2D eigenvalue weighted by Crippen LogP contribution is -2.48. The quantitative estimate of drug-likeness (QED) is 0.800. The molecule has 1 aliphatic heterocycles. The van der Waals surface area contributed by atoms with Crippen LogP contribution in [0, 0.1) is 0 Å². The van der Waals surface area contributed by atoms with E-state index in [2.05, 4.69) is 37.4 Å². The molecule has 1 saturated heterocycles. The molecule has 1 N–H and O–H groups in total. The molecule has 0 bridgehead atoms. The summed E-state index contributed by atoms with van der Waals surface area (Å²) in [4.78, 5) is 16.6. The highest BCUT2D eigenvalue weighted by molar-refractivity contribution is 7.13. The molecule has 1 amide bonds. The summed E-state index contributed by atoms with van der Waals surface area (Å²) in [6.45, 7) is 5.36. The lowest BCUT2D eigenvalue weighted by molar-refractivity contribution is -0.117. The molecule has 0 radical (unpaired) electrons. The maximum Gasteiger partial charge on any atom is 0.240 e. The fraction of sp³-hybridized carbons (Fsp3) is 0.471. The number of nitrogens with one attached hydrogen (secondary N) is 1. The third kappa shape index (κ3) is 6.04. The van der Waals surface area contributed by atoms with E-state index in [1.54, 1.807) is 5.51 Å². The number of benzene rings is 1. The van der Waals surface area contributed by atoms with Gasteiger partial charge in [0.05, 0.1) is 6.54 Å². The summed E-state index contributed by atoms with van der Waals surface area (Å²) in [6, 6.07) is 8.08.